The van der Waals surface area contributed by atoms with Crippen LogP contribution in [0.5, 0.6) is 11.6 Å². The molecule has 2 aromatic rings. The Morgan fingerprint density at radius 2 is 1.95 bits per heavy atom. The van der Waals surface area contributed by atoms with Crippen LogP contribution < -0.4 is 4.74 Å². The molecule has 0 atom stereocenters. The van der Waals surface area contributed by atoms with Gasteiger partial charge in [0, 0.05) is 11.8 Å². The first-order chi connectivity index (χ1) is 9.40. The van der Waals surface area contributed by atoms with Crippen molar-refractivity contribution in [1.29, 1.82) is 0 Å². The van der Waals surface area contributed by atoms with Gasteiger partial charge >= 0.3 is 0 Å². The van der Waals surface area contributed by atoms with Crippen LogP contribution in [0, 0.1) is 5.82 Å². The molecule has 1 aromatic heterocycles. The number of rotatable bonds is 4. The standard InChI is InChI=1S/C13H11ClFNO3S/c1-20(17,18)12-4-2-11(3-5-12)19-13-9(7-14)6-10(15)8-16-13/h2-6,8H,7H2,1H3. The molecule has 1 aromatic carbocycles. The maximum atomic E-state index is 13.0. The van der Waals surface area contributed by atoms with Crippen molar-refractivity contribution in [2.75, 3.05) is 6.26 Å². The smallest absolute Gasteiger partial charge is 0.223 e. The van der Waals surface area contributed by atoms with Gasteiger partial charge in [0.25, 0.3) is 0 Å². The predicted octanol–water partition coefficient (Wildman–Crippen LogP) is 3.16. The van der Waals surface area contributed by atoms with Crippen LogP contribution in [-0.2, 0) is 15.7 Å². The van der Waals surface area contributed by atoms with Gasteiger partial charge in [0.1, 0.15) is 11.6 Å². The Balaban J connectivity index is 2.27. The predicted molar refractivity (Wildman–Crippen MR) is 73.4 cm³/mol. The van der Waals surface area contributed by atoms with Crippen molar-refractivity contribution < 1.29 is 17.5 Å². The molecule has 0 bridgehead atoms. The zero-order chi connectivity index (χ0) is 14.8. The van der Waals surface area contributed by atoms with E-state index in [9.17, 15) is 12.8 Å². The number of hydrogen-bond acceptors (Lipinski definition) is 4. The molecule has 4 nitrogen and oxygen atoms in total. The second-order valence-corrected chi connectivity index (χ2v) is 6.38. The zero-order valence-electron chi connectivity index (χ0n) is 10.5. The van der Waals surface area contributed by atoms with E-state index in [2.05, 4.69) is 4.98 Å². The van der Waals surface area contributed by atoms with Crippen molar-refractivity contribution >= 4 is 21.4 Å². The minimum absolute atomic E-state index is 0.0571. The molecular weight excluding hydrogens is 305 g/mol. The van der Waals surface area contributed by atoms with E-state index < -0.39 is 15.7 Å². The minimum atomic E-state index is -3.25. The van der Waals surface area contributed by atoms with Gasteiger partial charge in [-0.2, -0.15) is 0 Å². The fourth-order valence-electron chi connectivity index (χ4n) is 1.52. The summed E-state index contributed by atoms with van der Waals surface area (Å²) in [6, 6.07) is 7.09. The summed E-state index contributed by atoms with van der Waals surface area (Å²) in [7, 11) is -3.25. The summed E-state index contributed by atoms with van der Waals surface area (Å²) in [5, 5.41) is 0. The Labute approximate surface area is 121 Å². The zero-order valence-corrected chi connectivity index (χ0v) is 12.1. The summed E-state index contributed by atoms with van der Waals surface area (Å²) in [6.45, 7) is 0. The Bertz CT molecular complexity index is 717. The van der Waals surface area contributed by atoms with E-state index in [1.807, 2.05) is 0 Å². The fourth-order valence-corrected chi connectivity index (χ4v) is 2.34. The van der Waals surface area contributed by atoms with Crippen LogP contribution in [0.3, 0.4) is 0 Å². The van der Waals surface area contributed by atoms with E-state index in [0.29, 0.717) is 11.3 Å². The average Bonchev–Trinajstić information content (AvgIpc) is 2.40. The van der Waals surface area contributed by atoms with E-state index in [0.717, 1.165) is 12.5 Å². The van der Waals surface area contributed by atoms with Gasteiger partial charge in [-0.25, -0.2) is 17.8 Å². The SMILES string of the molecule is CS(=O)(=O)c1ccc(Oc2ncc(F)cc2CCl)cc1. The van der Waals surface area contributed by atoms with Gasteiger partial charge in [0.15, 0.2) is 9.84 Å². The van der Waals surface area contributed by atoms with E-state index in [1.54, 1.807) is 0 Å². The molecule has 0 aliphatic carbocycles. The largest absolute Gasteiger partial charge is 0.439 e. The maximum absolute atomic E-state index is 13.0. The molecule has 0 amide bonds. The van der Waals surface area contributed by atoms with E-state index in [1.165, 1.54) is 30.3 Å². The van der Waals surface area contributed by atoms with E-state index >= 15 is 0 Å². The molecule has 0 N–H and O–H groups in total. The lowest BCUT2D eigenvalue weighted by atomic mass is 10.3. The van der Waals surface area contributed by atoms with Gasteiger partial charge in [0.05, 0.1) is 17.0 Å². The molecule has 0 spiro atoms. The van der Waals surface area contributed by atoms with Crippen molar-refractivity contribution in [3.05, 3.63) is 47.9 Å². The van der Waals surface area contributed by atoms with Crippen LogP contribution in [0.15, 0.2) is 41.4 Å². The van der Waals surface area contributed by atoms with Gasteiger partial charge < -0.3 is 4.74 Å². The highest BCUT2D eigenvalue weighted by molar-refractivity contribution is 7.90. The van der Waals surface area contributed by atoms with Gasteiger partial charge in [-0.1, -0.05) is 0 Å². The van der Waals surface area contributed by atoms with Crippen LogP contribution in [0.4, 0.5) is 4.39 Å². The van der Waals surface area contributed by atoms with Crippen molar-refractivity contribution in [2.45, 2.75) is 10.8 Å². The molecule has 1 heterocycles. The van der Waals surface area contributed by atoms with Gasteiger partial charge in [0.2, 0.25) is 5.88 Å². The molecule has 0 aliphatic heterocycles. The lowest BCUT2D eigenvalue weighted by Crippen LogP contribution is -1.97. The summed E-state index contributed by atoms with van der Waals surface area (Å²) in [4.78, 5) is 4.00. The summed E-state index contributed by atoms with van der Waals surface area (Å²) in [5.74, 6) is 0.137. The Morgan fingerprint density at radius 3 is 2.50 bits per heavy atom. The maximum Gasteiger partial charge on any atom is 0.223 e. The van der Waals surface area contributed by atoms with E-state index in [4.69, 9.17) is 16.3 Å². The normalized spacial score (nSPS) is 11.3. The third-order valence-electron chi connectivity index (χ3n) is 2.50. The summed E-state index contributed by atoms with van der Waals surface area (Å²) >= 11 is 5.69. The first-order valence-corrected chi connectivity index (χ1v) is 8.01. The molecule has 7 heteroatoms. The molecule has 0 saturated heterocycles. The molecule has 106 valence electrons. The summed E-state index contributed by atoms with van der Waals surface area (Å²) in [6.07, 6.45) is 2.15. The van der Waals surface area contributed by atoms with Crippen molar-refractivity contribution in [3.63, 3.8) is 0 Å². The van der Waals surface area contributed by atoms with Crippen LogP contribution in [0.2, 0.25) is 0 Å². The lowest BCUT2D eigenvalue weighted by Gasteiger charge is -2.08. The van der Waals surface area contributed by atoms with Crippen molar-refractivity contribution in [1.82, 2.24) is 4.98 Å². The number of halogens is 2. The molecule has 0 saturated carbocycles. The number of ether oxygens (including phenoxy) is 1. The first-order valence-electron chi connectivity index (χ1n) is 5.58. The van der Waals surface area contributed by atoms with Crippen molar-refractivity contribution in [2.24, 2.45) is 0 Å². The van der Waals surface area contributed by atoms with Gasteiger partial charge in [-0.3, -0.25) is 0 Å². The van der Waals surface area contributed by atoms with Gasteiger partial charge in [-0.15, -0.1) is 11.6 Å². The second kappa shape index (κ2) is 5.76. The highest BCUT2D eigenvalue weighted by atomic mass is 35.5. The molecule has 2 rings (SSSR count). The van der Waals surface area contributed by atoms with Crippen LogP contribution in [0.1, 0.15) is 5.56 Å². The second-order valence-electron chi connectivity index (χ2n) is 4.10. The number of aromatic nitrogens is 1. The monoisotopic (exact) mass is 315 g/mol. The number of hydrogen-bond donors (Lipinski definition) is 0. The number of nitrogens with zero attached hydrogens (tertiary/aromatic N) is 1. The Morgan fingerprint density at radius 1 is 1.30 bits per heavy atom. The third kappa shape index (κ3) is 3.46. The van der Waals surface area contributed by atoms with Crippen molar-refractivity contribution in [3.8, 4) is 11.6 Å². The molecule has 0 aliphatic rings. The Hall–Kier alpha value is -1.66. The van der Waals surface area contributed by atoms with E-state index in [-0.39, 0.29) is 16.7 Å². The molecule has 0 radical (unpaired) electrons. The average molecular weight is 316 g/mol. The molecule has 0 fully saturated rings. The van der Waals surface area contributed by atoms with Crippen LogP contribution >= 0.6 is 11.6 Å². The quantitative estimate of drug-likeness (QED) is 0.813. The van der Waals surface area contributed by atoms with Gasteiger partial charge in [-0.05, 0) is 30.3 Å². The molecular formula is C13H11ClFNO3S. The fraction of sp³-hybridized carbons (Fsp3) is 0.154. The highest BCUT2D eigenvalue weighted by Crippen LogP contribution is 2.25. The number of alkyl halides is 1. The Kier molecular flexibility index (Phi) is 4.25. The number of sulfone groups is 1. The van der Waals surface area contributed by atoms with Crippen LogP contribution in [-0.4, -0.2) is 19.7 Å². The van der Waals surface area contributed by atoms with Crippen LogP contribution in [0.25, 0.3) is 0 Å². The first kappa shape index (κ1) is 14.7. The molecule has 0 unspecified atom stereocenters. The number of benzene rings is 1. The number of pyridine rings is 1. The molecule has 20 heavy (non-hydrogen) atoms. The third-order valence-corrected chi connectivity index (χ3v) is 3.92. The minimum Gasteiger partial charge on any atom is -0.439 e. The summed E-state index contributed by atoms with van der Waals surface area (Å²) in [5.41, 5.74) is 0.416. The summed E-state index contributed by atoms with van der Waals surface area (Å²) < 4.78 is 41.1. The topological polar surface area (TPSA) is 56.3 Å². The highest BCUT2D eigenvalue weighted by Gasteiger charge is 2.10. The lowest BCUT2D eigenvalue weighted by molar-refractivity contribution is 0.454.